The van der Waals surface area contributed by atoms with E-state index in [2.05, 4.69) is 5.32 Å². The Hall–Kier alpha value is -2.35. The molecule has 8 heteroatoms. The minimum absolute atomic E-state index is 0.0974. The number of carboxylic acid groups (broad SMARTS) is 1. The maximum Gasteiger partial charge on any atom is 0.326 e. The third-order valence-corrected chi connectivity index (χ3v) is 4.54. The molecule has 1 heterocycles. The minimum Gasteiger partial charge on any atom is -0.480 e. The van der Waals surface area contributed by atoms with Gasteiger partial charge in [0.2, 0.25) is 5.91 Å². The number of amides is 3. The molecule has 0 unspecified atom stereocenters. The van der Waals surface area contributed by atoms with Gasteiger partial charge in [-0.05, 0) is 30.0 Å². The van der Waals surface area contributed by atoms with Crippen molar-refractivity contribution < 1.29 is 24.3 Å². The van der Waals surface area contributed by atoms with Crippen molar-refractivity contribution in [1.82, 2.24) is 10.2 Å². The second-order valence-electron chi connectivity index (χ2n) is 6.23. The van der Waals surface area contributed by atoms with E-state index < -0.39 is 17.9 Å². The third kappa shape index (κ3) is 5.06. The highest BCUT2D eigenvalue weighted by atomic mass is 32.2. The number of carbonyl (C=O) groups excluding carboxylic acids is 3. The van der Waals surface area contributed by atoms with Crippen LogP contribution < -0.4 is 5.32 Å². The number of nitrogens with zero attached hydrogens (tertiary/aromatic N) is 1. The Balaban J connectivity index is 2.09. The van der Waals surface area contributed by atoms with Crippen LogP contribution in [0.3, 0.4) is 0 Å². The quantitative estimate of drug-likeness (QED) is 0.768. The van der Waals surface area contributed by atoms with Gasteiger partial charge in [-0.1, -0.05) is 37.7 Å². The molecule has 1 saturated heterocycles. The van der Waals surface area contributed by atoms with Crippen molar-refractivity contribution in [3.63, 3.8) is 0 Å². The van der Waals surface area contributed by atoms with Gasteiger partial charge in [0.15, 0.2) is 0 Å². The summed E-state index contributed by atoms with van der Waals surface area (Å²) in [5, 5.41) is 11.4. The largest absolute Gasteiger partial charge is 0.480 e. The summed E-state index contributed by atoms with van der Waals surface area (Å²) in [5.41, 5.74) is 0.923. The van der Waals surface area contributed by atoms with E-state index in [-0.39, 0.29) is 29.4 Å². The summed E-state index contributed by atoms with van der Waals surface area (Å²) in [4.78, 5) is 48.1. The van der Waals surface area contributed by atoms with Crippen molar-refractivity contribution in [2.45, 2.75) is 32.9 Å². The highest BCUT2D eigenvalue weighted by Gasteiger charge is 2.30. The zero-order valence-electron chi connectivity index (χ0n) is 14.0. The van der Waals surface area contributed by atoms with E-state index in [9.17, 15) is 24.3 Å². The van der Waals surface area contributed by atoms with Crippen LogP contribution in [0.25, 0.3) is 0 Å². The van der Waals surface area contributed by atoms with Crippen molar-refractivity contribution in [3.05, 3.63) is 35.4 Å². The molecule has 0 bridgehead atoms. The number of imide groups is 1. The number of benzene rings is 1. The van der Waals surface area contributed by atoms with Gasteiger partial charge < -0.3 is 10.4 Å². The number of carbonyl (C=O) groups is 4. The van der Waals surface area contributed by atoms with Crippen LogP contribution in [0.5, 0.6) is 0 Å². The molecular formula is C17H20N2O5S. The van der Waals surface area contributed by atoms with Crippen molar-refractivity contribution in [2.75, 3.05) is 5.75 Å². The Bertz CT molecular complexity index is 688. The lowest BCUT2D eigenvalue weighted by atomic mass is 10.0. The fraction of sp³-hybridized carbons (Fsp3) is 0.412. The molecule has 7 nitrogen and oxygen atoms in total. The molecule has 134 valence electrons. The van der Waals surface area contributed by atoms with E-state index in [1.165, 1.54) is 0 Å². The second kappa shape index (κ2) is 8.15. The molecule has 0 saturated carbocycles. The summed E-state index contributed by atoms with van der Waals surface area (Å²) in [6.07, 6.45) is 0.328. The van der Waals surface area contributed by atoms with Crippen LogP contribution >= 0.6 is 11.8 Å². The van der Waals surface area contributed by atoms with E-state index in [4.69, 9.17) is 0 Å². The summed E-state index contributed by atoms with van der Waals surface area (Å²) < 4.78 is 0. The maximum atomic E-state index is 12.3. The van der Waals surface area contributed by atoms with E-state index in [0.717, 1.165) is 16.7 Å². The average molecular weight is 364 g/mol. The monoisotopic (exact) mass is 364 g/mol. The van der Waals surface area contributed by atoms with Gasteiger partial charge in [0.1, 0.15) is 6.04 Å². The minimum atomic E-state index is -1.08. The number of hydrogen-bond acceptors (Lipinski definition) is 5. The van der Waals surface area contributed by atoms with Gasteiger partial charge in [-0.25, -0.2) is 4.79 Å². The third-order valence-electron chi connectivity index (χ3n) is 3.68. The normalized spacial score (nSPS) is 15.6. The first kappa shape index (κ1) is 19.0. The van der Waals surface area contributed by atoms with E-state index in [0.29, 0.717) is 17.5 Å². The molecule has 1 aromatic rings. The Morgan fingerprint density at radius 2 is 2.04 bits per heavy atom. The average Bonchev–Trinajstić information content (AvgIpc) is 2.86. The highest BCUT2D eigenvalue weighted by molar-refractivity contribution is 8.14. The molecule has 0 aliphatic carbocycles. The van der Waals surface area contributed by atoms with Gasteiger partial charge in [0.05, 0.1) is 12.3 Å². The number of hydrogen-bond donors (Lipinski definition) is 2. The molecule has 1 aromatic carbocycles. The lowest BCUT2D eigenvalue weighted by Gasteiger charge is -2.17. The lowest BCUT2D eigenvalue weighted by molar-refractivity contribution is -0.139. The van der Waals surface area contributed by atoms with Crippen LogP contribution in [0.2, 0.25) is 0 Å². The lowest BCUT2D eigenvalue weighted by Crippen LogP contribution is -2.41. The number of rotatable bonds is 7. The molecule has 1 aliphatic heterocycles. The molecule has 1 atom stereocenters. The van der Waals surface area contributed by atoms with Crippen molar-refractivity contribution in [2.24, 2.45) is 5.92 Å². The van der Waals surface area contributed by atoms with Crippen LogP contribution in [-0.2, 0) is 16.1 Å². The standard InChI is InChI=1S/C17H20N2O5S/c1-10(2)6-13(16(22)23)18-15(21)12-5-3-4-11(7-12)8-19-14(20)9-25-17(19)24/h3-5,7,10,13H,6,8-9H2,1-2H3,(H,18,21)(H,22,23)/t13-/m1/s1. The first-order valence-electron chi connectivity index (χ1n) is 7.87. The molecule has 1 aliphatic rings. The molecule has 2 N–H and O–H groups in total. The molecule has 25 heavy (non-hydrogen) atoms. The first-order valence-corrected chi connectivity index (χ1v) is 8.86. The van der Waals surface area contributed by atoms with Crippen molar-refractivity contribution in [3.8, 4) is 0 Å². The fourth-order valence-corrected chi connectivity index (χ4v) is 3.19. The fourth-order valence-electron chi connectivity index (χ4n) is 2.46. The zero-order chi connectivity index (χ0) is 18.6. The van der Waals surface area contributed by atoms with Crippen LogP contribution in [-0.4, -0.2) is 44.8 Å². The highest BCUT2D eigenvalue weighted by Crippen LogP contribution is 2.21. The maximum absolute atomic E-state index is 12.3. The van der Waals surface area contributed by atoms with Gasteiger partial charge in [0, 0.05) is 5.56 Å². The molecule has 0 spiro atoms. The second-order valence-corrected chi connectivity index (χ2v) is 7.16. The van der Waals surface area contributed by atoms with E-state index in [1.807, 2.05) is 13.8 Å². The number of thioether (sulfide) groups is 1. The molecule has 0 radical (unpaired) electrons. The van der Waals surface area contributed by atoms with Gasteiger partial charge in [-0.2, -0.15) is 0 Å². The zero-order valence-corrected chi connectivity index (χ0v) is 14.8. The summed E-state index contributed by atoms with van der Waals surface area (Å²) in [7, 11) is 0. The Kier molecular flexibility index (Phi) is 6.19. The van der Waals surface area contributed by atoms with Crippen molar-refractivity contribution >= 4 is 34.8 Å². The van der Waals surface area contributed by atoms with Crippen LogP contribution in [0.15, 0.2) is 24.3 Å². The van der Waals surface area contributed by atoms with E-state index in [1.54, 1.807) is 24.3 Å². The molecular weight excluding hydrogens is 344 g/mol. The summed E-state index contributed by atoms with van der Waals surface area (Å²) >= 11 is 0.953. The van der Waals surface area contributed by atoms with Gasteiger partial charge in [0.25, 0.3) is 11.1 Å². The smallest absolute Gasteiger partial charge is 0.326 e. The van der Waals surface area contributed by atoms with E-state index >= 15 is 0 Å². The number of aliphatic carboxylic acids is 1. The Morgan fingerprint density at radius 3 is 2.60 bits per heavy atom. The first-order chi connectivity index (χ1) is 11.8. The van der Waals surface area contributed by atoms with Gasteiger partial charge >= 0.3 is 5.97 Å². The topological polar surface area (TPSA) is 104 Å². The van der Waals surface area contributed by atoms with Gasteiger partial charge in [-0.15, -0.1) is 0 Å². The predicted octanol–water partition coefficient (Wildman–Crippen LogP) is 2.11. The molecule has 0 aromatic heterocycles. The van der Waals surface area contributed by atoms with Gasteiger partial charge in [-0.3, -0.25) is 19.3 Å². The van der Waals surface area contributed by atoms with Crippen LogP contribution in [0.4, 0.5) is 4.79 Å². The summed E-state index contributed by atoms with van der Waals surface area (Å²) in [5.74, 6) is -1.58. The Labute approximate surface area is 149 Å². The van der Waals surface area contributed by atoms with Crippen LogP contribution in [0.1, 0.15) is 36.2 Å². The SMILES string of the molecule is CC(C)C[C@@H](NC(=O)c1cccc(CN2C(=O)CSC2=O)c1)C(=O)O. The predicted molar refractivity (Wildman–Crippen MR) is 93.2 cm³/mol. The molecule has 3 amide bonds. The van der Waals surface area contributed by atoms with Crippen molar-refractivity contribution in [1.29, 1.82) is 0 Å². The number of nitrogens with one attached hydrogen (secondary N) is 1. The Morgan fingerprint density at radius 1 is 1.32 bits per heavy atom. The molecule has 1 fully saturated rings. The van der Waals surface area contributed by atoms with Crippen LogP contribution in [0, 0.1) is 5.92 Å². The molecule has 2 rings (SSSR count). The summed E-state index contributed by atoms with van der Waals surface area (Å²) in [6.45, 7) is 3.86. The number of carboxylic acids is 1. The summed E-state index contributed by atoms with van der Waals surface area (Å²) in [6, 6.07) is 5.51.